The predicted octanol–water partition coefficient (Wildman–Crippen LogP) is 2.90. The van der Waals surface area contributed by atoms with E-state index in [9.17, 15) is 9.59 Å². The van der Waals surface area contributed by atoms with Crippen LogP contribution in [0.4, 0.5) is 4.79 Å². The Kier molecular flexibility index (Phi) is 6.60. The predicted molar refractivity (Wildman–Crippen MR) is 109 cm³/mol. The van der Waals surface area contributed by atoms with Gasteiger partial charge in [-0.2, -0.15) is 0 Å². The summed E-state index contributed by atoms with van der Waals surface area (Å²) in [6.07, 6.45) is 2.53. The molecule has 6 heteroatoms. The van der Waals surface area contributed by atoms with E-state index < -0.39 is 5.60 Å². The molecule has 0 saturated carbocycles. The molecule has 6 nitrogen and oxygen atoms in total. The fraction of sp³-hybridized carbons (Fsp3) is 0.636. The highest BCUT2D eigenvalue weighted by molar-refractivity contribution is 5.79. The summed E-state index contributed by atoms with van der Waals surface area (Å²) in [6.45, 7) is 11.4. The molecule has 0 aliphatic carbocycles. The van der Waals surface area contributed by atoms with Crippen molar-refractivity contribution in [1.29, 1.82) is 0 Å². The first kappa shape index (κ1) is 20.6. The SMILES string of the molecule is CC(C)(C)OC(=O)N1CCN(Cc2ccc(CC(=O)N3CCCC3)cc2)CC1. The molecule has 0 radical (unpaired) electrons. The van der Waals surface area contributed by atoms with Crippen molar-refractivity contribution in [2.24, 2.45) is 0 Å². The highest BCUT2D eigenvalue weighted by Crippen LogP contribution is 2.15. The maximum atomic E-state index is 12.3. The van der Waals surface area contributed by atoms with Gasteiger partial charge in [-0.25, -0.2) is 4.79 Å². The zero-order chi connectivity index (χ0) is 20.1. The third-order valence-corrected chi connectivity index (χ3v) is 5.27. The largest absolute Gasteiger partial charge is 0.444 e. The first-order chi connectivity index (χ1) is 13.3. The molecule has 1 aromatic rings. The van der Waals surface area contributed by atoms with Gasteiger partial charge in [0.25, 0.3) is 0 Å². The van der Waals surface area contributed by atoms with Crippen molar-refractivity contribution in [3.8, 4) is 0 Å². The van der Waals surface area contributed by atoms with Crippen LogP contribution < -0.4 is 0 Å². The van der Waals surface area contributed by atoms with Crippen LogP contribution in [0.25, 0.3) is 0 Å². The molecule has 3 rings (SSSR count). The molecule has 2 saturated heterocycles. The van der Waals surface area contributed by atoms with Gasteiger partial charge in [-0.3, -0.25) is 9.69 Å². The Bertz CT molecular complexity index is 667. The molecule has 0 aromatic heterocycles. The lowest BCUT2D eigenvalue weighted by Gasteiger charge is -2.35. The van der Waals surface area contributed by atoms with Crippen molar-refractivity contribution in [3.05, 3.63) is 35.4 Å². The van der Waals surface area contributed by atoms with E-state index in [2.05, 4.69) is 29.2 Å². The summed E-state index contributed by atoms with van der Waals surface area (Å²) in [5.74, 6) is 0.239. The Hall–Kier alpha value is -2.08. The summed E-state index contributed by atoms with van der Waals surface area (Å²) < 4.78 is 5.45. The van der Waals surface area contributed by atoms with Crippen LogP contribution in [0.15, 0.2) is 24.3 Å². The van der Waals surface area contributed by atoms with Crippen LogP contribution in [0, 0.1) is 0 Å². The Morgan fingerprint density at radius 3 is 2.00 bits per heavy atom. The van der Waals surface area contributed by atoms with Gasteiger partial charge in [-0.1, -0.05) is 24.3 Å². The Morgan fingerprint density at radius 1 is 0.857 bits per heavy atom. The average Bonchev–Trinajstić information content (AvgIpc) is 3.17. The van der Waals surface area contributed by atoms with E-state index in [0.29, 0.717) is 19.5 Å². The lowest BCUT2D eigenvalue weighted by molar-refractivity contribution is -0.129. The lowest BCUT2D eigenvalue weighted by atomic mass is 10.1. The van der Waals surface area contributed by atoms with Crippen LogP contribution in [0.5, 0.6) is 0 Å². The van der Waals surface area contributed by atoms with Crippen molar-refractivity contribution in [1.82, 2.24) is 14.7 Å². The van der Waals surface area contributed by atoms with Crippen LogP contribution in [0.2, 0.25) is 0 Å². The first-order valence-corrected chi connectivity index (χ1v) is 10.4. The zero-order valence-electron chi connectivity index (χ0n) is 17.4. The number of carbonyl (C=O) groups excluding carboxylic acids is 2. The van der Waals surface area contributed by atoms with Crippen LogP contribution >= 0.6 is 0 Å². The molecule has 2 aliphatic heterocycles. The molecule has 0 unspecified atom stereocenters. The van der Waals surface area contributed by atoms with Crippen molar-refractivity contribution >= 4 is 12.0 Å². The molecule has 1 aromatic carbocycles. The quantitative estimate of drug-likeness (QED) is 0.797. The summed E-state index contributed by atoms with van der Waals surface area (Å²) >= 11 is 0. The van der Waals surface area contributed by atoms with Gasteiger partial charge in [0.1, 0.15) is 5.60 Å². The highest BCUT2D eigenvalue weighted by atomic mass is 16.6. The van der Waals surface area contributed by atoms with E-state index in [-0.39, 0.29) is 12.0 Å². The smallest absolute Gasteiger partial charge is 0.410 e. The molecular formula is C22H33N3O3. The minimum atomic E-state index is -0.452. The molecule has 154 valence electrons. The molecule has 0 spiro atoms. The van der Waals surface area contributed by atoms with E-state index in [1.165, 1.54) is 5.56 Å². The summed E-state index contributed by atoms with van der Waals surface area (Å²) in [4.78, 5) is 30.5. The summed E-state index contributed by atoms with van der Waals surface area (Å²) in [5, 5.41) is 0. The van der Waals surface area contributed by atoms with Gasteiger partial charge >= 0.3 is 6.09 Å². The van der Waals surface area contributed by atoms with Crippen LogP contribution in [-0.2, 0) is 22.5 Å². The number of hydrogen-bond donors (Lipinski definition) is 0. The van der Waals surface area contributed by atoms with Gasteiger partial charge in [0.15, 0.2) is 0 Å². The van der Waals surface area contributed by atoms with Gasteiger partial charge in [-0.15, -0.1) is 0 Å². The fourth-order valence-corrected chi connectivity index (χ4v) is 3.69. The minimum Gasteiger partial charge on any atom is -0.444 e. The molecule has 0 N–H and O–H groups in total. The Morgan fingerprint density at radius 2 is 1.43 bits per heavy atom. The molecule has 28 heavy (non-hydrogen) atoms. The van der Waals surface area contributed by atoms with E-state index in [4.69, 9.17) is 4.74 Å². The van der Waals surface area contributed by atoms with E-state index in [1.807, 2.05) is 25.7 Å². The number of benzene rings is 1. The number of rotatable bonds is 4. The van der Waals surface area contributed by atoms with Crippen molar-refractivity contribution in [2.45, 2.75) is 52.2 Å². The summed E-state index contributed by atoms with van der Waals surface area (Å²) in [5.41, 5.74) is 1.87. The monoisotopic (exact) mass is 387 g/mol. The first-order valence-electron chi connectivity index (χ1n) is 10.4. The number of nitrogens with zero attached hydrogens (tertiary/aromatic N) is 3. The van der Waals surface area contributed by atoms with Crippen molar-refractivity contribution in [3.63, 3.8) is 0 Å². The maximum Gasteiger partial charge on any atom is 0.410 e. The number of likely N-dealkylation sites (tertiary alicyclic amines) is 1. The lowest BCUT2D eigenvalue weighted by Crippen LogP contribution is -2.49. The summed E-state index contributed by atoms with van der Waals surface area (Å²) in [6, 6.07) is 8.38. The van der Waals surface area contributed by atoms with Gasteiger partial charge in [0, 0.05) is 45.8 Å². The van der Waals surface area contributed by atoms with Crippen molar-refractivity contribution in [2.75, 3.05) is 39.3 Å². The third kappa shape index (κ3) is 5.96. The zero-order valence-corrected chi connectivity index (χ0v) is 17.4. The average molecular weight is 388 g/mol. The van der Waals surface area contributed by atoms with Gasteiger partial charge in [0.05, 0.1) is 6.42 Å². The number of piperazine rings is 1. The maximum absolute atomic E-state index is 12.3. The minimum absolute atomic E-state index is 0.223. The highest BCUT2D eigenvalue weighted by Gasteiger charge is 2.25. The molecule has 2 heterocycles. The number of hydrogen-bond acceptors (Lipinski definition) is 4. The second-order valence-corrected chi connectivity index (χ2v) is 8.82. The summed E-state index contributed by atoms with van der Waals surface area (Å²) in [7, 11) is 0. The van der Waals surface area contributed by atoms with E-state index in [0.717, 1.165) is 51.1 Å². The molecule has 2 fully saturated rings. The standard InChI is InChI=1S/C22H33N3O3/c1-22(2,3)28-21(27)25-14-12-23(13-15-25)17-19-8-6-18(7-9-19)16-20(26)24-10-4-5-11-24/h6-9H,4-5,10-17H2,1-3H3. The molecule has 2 aliphatic rings. The topological polar surface area (TPSA) is 53.1 Å². The second kappa shape index (κ2) is 8.95. The Balaban J connectivity index is 1.43. The normalized spacial score (nSPS) is 18.4. The molecular weight excluding hydrogens is 354 g/mol. The van der Waals surface area contributed by atoms with Crippen LogP contribution in [-0.4, -0.2) is 71.6 Å². The third-order valence-electron chi connectivity index (χ3n) is 5.27. The van der Waals surface area contributed by atoms with Gasteiger partial charge < -0.3 is 14.5 Å². The van der Waals surface area contributed by atoms with Crippen LogP contribution in [0.3, 0.4) is 0 Å². The van der Waals surface area contributed by atoms with Crippen molar-refractivity contribution < 1.29 is 14.3 Å². The van der Waals surface area contributed by atoms with Crippen LogP contribution in [0.1, 0.15) is 44.7 Å². The molecule has 0 bridgehead atoms. The van der Waals surface area contributed by atoms with E-state index >= 15 is 0 Å². The number of carbonyl (C=O) groups is 2. The van der Waals surface area contributed by atoms with Gasteiger partial charge in [0.2, 0.25) is 5.91 Å². The van der Waals surface area contributed by atoms with Gasteiger partial charge in [-0.05, 0) is 44.7 Å². The van der Waals surface area contributed by atoms with E-state index in [1.54, 1.807) is 4.90 Å². The Labute approximate surface area is 168 Å². The number of amides is 2. The number of ether oxygens (including phenoxy) is 1. The fourth-order valence-electron chi connectivity index (χ4n) is 3.69. The molecule has 2 amide bonds. The second-order valence-electron chi connectivity index (χ2n) is 8.82. The molecule has 0 atom stereocenters.